The minimum Gasteiger partial charge on any atom is -0.387 e. The van der Waals surface area contributed by atoms with Crippen LogP contribution >= 0.6 is 0 Å². The summed E-state index contributed by atoms with van der Waals surface area (Å²) in [5, 5.41) is 0. The maximum absolute atomic E-state index is 5.79. The minimum absolute atomic E-state index is 0.0244. The molecule has 0 amide bonds. The van der Waals surface area contributed by atoms with Crippen molar-refractivity contribution in [1.82, 2.24) is 0 Å². The second-order valence-electron chi connectivity index (χ2n) is 4.48. The van der Waals surface area contributed by atoms with Gasteiger partial charge in [0.05, 0.1) is 19.0 Å². The van der Waals surface area contributed by atoms with Gasteiger partial charge in [0.15, 0.2) is 0 Å². The van der Waals surface area contributed by atoms with Crippen LogP contribution in [0.2, 0.25) is 0 Å². The van der Waals surface area contributed by atoms with Gasteiger partial charge in [0, 0.05) is 12.0 Å². The Morgan fingerprint density at radius 2 is 1.93 bits per heavy atom. The van der Waals surface area contributed by atoms with Gasteiger partial charge in [-0.25, -0.2) is 0 Å². The first-order chi connectivity index (χ1) is 6.48. The molecule has 0 unspecified atom stereocenters. The van der Waals surface area contributed by atoms with E-state index >= 15 is 0 Å². The zero-order chi connectivity index (χ0) is 11.0. The molecule has 0 aromatic rings. The molecule has 0 aliphatic rings. The van der Waals surface area contributed by atoms with Gasteiger partial charge in [0.2, 0.25) is 0 Å². The lowest BCUT2D eigenvalue weighted by Gasteiger charge is -2.17. The standard InChI is InChI=1S/C11H24N2O/c1-5-6-8-14-9-7-13-10(12)11(2,3)4/h5-9H2,1-4H3,(H2,12,13). The second-order valence-corrected chi connectivity index (χ2v) is 4.48. The highest BCUT2D eigenvalue weighted by molar-refractivity contribution is 5.85. The van der Waals surface area contributed by atoms with E-state index in [1.807, 2.05) is 0 Å². The third-order valence-corrected chi connectivity index (χ3v) is 1.93. The molecule has 0 fully saturated rings. The fraction of sp³-hybridized carbons (Fsp3) is 0.909. The molecule has 0 heterocycles. The molecule has 3 heteroatoms. The van der Waals surface area contributed by atoms with Crippen LogP contribution in [0.25, 0.3) is 0 Å². The Kier molecular flexibility index (Phi) is 6.54. The highest BCUT2D eigenvalue weighted by Gasteiger charge is 2.14. The number of unbranched alkanes of at least 4 members (excludes halogenated alkanes) is 1. The Labute approximate surface area is 87.7 Å². The predicted octanol–water partition coefficient (Wildman–Crippen LogP) is 2.21. The van der Waals surface area contributed by atoms with E-state index in [2.05, 4.69) is 32.7 Å². The molecule has 84 valence electrons. The van der Waals surface area contributed by atoms with E-state index in [4.69, 9.17) is 10.5 Å². The molecular weight excluding hydrogens is 176 g/mol. The molecule has 3 nitrogen and oxygen atoms in total. The zero-order valence-electron chi connectivity index (χ0n) is 9.97. The summed E-state index contributed by atoms with van der Waals surface area (Å²) in [6, 6.07) is 0. The molecule has 0 aliphatic heterocycles. The summed E-state index contributed by atoms with van der Waals surface area (Å²) >= 11 is 0. The molecule has 0 aliphatic carbocycles. The minimum atomic E-state index is -0.0244. The van der Waals surface area contributed by atoms with Crippen molar-refractivity contribution in [2.24, 2.45) is 16.1 Å². The molecule has 0 rings (SSSR count). The average molecular weight is 200 g/mol. The fourth-order valence-electron chi connectivity index (χ4n) is 0.816. The number of hydrogen-bond acceptors (Lipinski definition) is 2. The van der Waals surface area contributed by atoms with Gasteiger partial charge in [-0.05, 0) is 6.42 Å². The lowest BCUT2D eigenvalue weighted by molar-refractivity contribution is 0.138. The summed E-state index contributed by atoms with van der Waals surface area (Å²) < 4.78 is 5.37. The molecule has 0 saturated carbocycles. The van der Waals surface area contributed by atoms with E-state index < -0.39 is 0 Å². The van der Waals surface area contributed by atoms with E-state index in [9.17, 15) is 0 Å². The molecule has 14 heavy (non-hydrogen) atoms. The summed E-state index contributed by atoms with van der Waals surface area (Å²) in [6.07, 6.45) is 2.30. The van der Waals surface area contributed by atoms with E-state index in [0.29, 0.717) is 19.0 Å². The van der Waals surface area contributed by atoms with Gasteiger partial charge >= 0.3 is 0 Å². The average Bonchev–Trinajstić information content (AvgIpc) is 2.09. The van der Waals surface area contributed by atoms with E-state index in [1.165, 1.54) is 6.42 Å². The van der Waals surface area contributed by atoms with Gasteiger partial charge in [-0.2, -0.15) is 0 Å². The van der Waals surface area contributed by atoms with Crippen LogP contribution in [0.3, 0.4) is 0 Å². The number of ether oxygens (including phenoxy) is 1. The number of amidine groups is 1. The number of nitrogens with zero attached hydrogens (tertiary/aromatic N) is 1. The molecule has 0 spiro atoms. The molecule has 0 bridgehead atoms. The topological polar surface area (TPSA) is 47.6 Å². The van der Waals surface area contributed by atoms with Crippen molar-refractivity contribution in [3.8, 4) is 0 Å². The predicted molar refractivity (Wildman–Crippen MR) is 61.7 cm³/mol. The summed E-state index contributed by atoms with van der Waals surface area (Å²) in [5.74, 6) is 0.705. The molecule has 0 aromatic carbocycles. The van der Waals surface area contributed by atoms with E-state index in [1.54, 1.807) is 0 Å². The van der Waals surface area contributed by atoms with Gasteiger partial charge in [0.25, 0.3) is 0 Å². The van der Waals surface area contributed by atoms with Gasteiger partial charge in [-0.3, -0.25) is 4.99 Å². The summed E-state index contributed by atoms with van der Waals surface area (Å²) in [6.45, 7) is 10.5. The van der Waals surface area contributed by atoms with Gasteiger partial charge in [-0.1, -0.05) is 34.1 Å². The van der Waals surface area contributed by atoms with Crippen LogP contribution < -0.4 is 5.73 Å². The number of hydrogen-bond donors (Lipinski definition) is 1. The number of rotatable bonds is 6. The van der Waals surface area contributed by atoms with Crippen LogP contribution in [0, 0.1) is 5.41 Å². The molecule has 0 aromatic heterocycles. The Bertz CT molecular complexity index is 171. The first-order valence-corrected chi connectivity index (χ1v) is 5.36. The third kappa shape index (κ3) is 6.89. The maximum atomic E-state index is 5.79. The van der Waals surface area contributed by atoms with Crippen LogP contribution in [0.5, 0.6) is 0 Å². The fourth-order valence-corrected chi connectivity index (χ4v) is 0.816. The Hall–Kier alpha value is -0.570. The Morgan fingerprint density at radius 1 is 1.29 bits per heavy atom. The first kappa shape index (κ1) is 13.4. The molecular formula is C11H24N2O. The largest absolute Gasteiger partial charge is 0.387 e. The van der Waals surface area contributed by atoms with Crippen LogP contribution in [-0.2, 0) is 4.74 Å². The van der Waals surface area contributed by atoms with Crippen molar-refractivity contribution >= 4 is 5.84 Å². The van der Waals surface area contributed by atoms with Crippen molar-refractivity contribution in [3.05, 3.63) is 0 Å². The molecule has 0 atom stereocenters. The van der Waals surface area contributed by atoms with Crippen molar-refractivity contribution in [1.29, 1.82) is 0 Å². The van der Waals surface area contributed by atoms with Crippen molar-refractivity contribution < 1.29 is 4.74 Å². The third-order valence-electron chi connectivity index (χ3n) is 1.93. The van der Waals surface area contributed by atoms with Crippen LogP contribution in [0.15, 0.2) is 4.99 Å². The highest BCUT2D eigenvalue weighted by atomic mass is 16.5. The van der Waals surface area contributed by atoms with Gasteiger partial charge in [-0.15, -0.1) is 0 Å². The highest BCUT2D eigenvalue weighted by Crippen LogP contribution is 2.12. The van der Waals surface area contributed by atoms with Crippen LogP contribution in [-0.4, -0.2) is 25.6 Å². The molecule has 0 radical (unpaired) electrons. The second kappa shape index (κ2) is 6.82. The molecule has 2 N–H and O–H groups in total. The quantitative estimate of drug-likeness (QED) is 0.406. The Balaban J connectivity index is 3.52. The molecule has 0 saturated heterocycles. The Morgan fingerprint density at radius 3 is 2.43 bits per heavy atom. The first-order valence-electron chi connectivity index (χ1n) is 5.36. The zero-order valence-corrected chi connectivity index (χ0v) is 9.97. The van der Waals surface area contributed by atoms with Crippen molar-refractivity contribution in [2.75, 3.05) is 19.8 Å². The smallest absolute Gasteiger partial charge is 0.0992 e. The summed E-state index contributed by atoms with van der Waals surface area (Å²) in [7, 11) is 0. The number of nitrogens with two attached hydrogens (primary N) is 1. The van der Waals surface area contributed by atoms with Gasteiger partial charge in [0.1, 0.15) is 0 Å². The SMILES string of the molecule is CCCCOCCN=C(N)C(C)(C)C. The van der Waals surface area contributed by atoms with Gasteiger partial charge < -0.3 is 10.5 Å². The monoisotopic (exact) mass is 200 g/mol. The van der Waals surface area contributed by atoms with Crippen LogP contribution in [0.1, 0.15) is 40.5 Å². The lowest BCUT2D eigenvalue weighted by atomic mass is 9.95. The normalized spacial score (nSPS) is 13.3. The maximum Gasteiger partial charge on any atom is 0.0992 e. The van der Waals surface area contributed by atoms with Crippen molar-refractivity contribution in [3.63, 3.8) is 0 Å². The lowest BCUT2D eigenvalue weighted by Crippen LogP contribution is -2.29. The van der Waals surface area contributed by atoms with Crippen molar-refractivity contribution in [2.45, 2.75) is 40.5 Å². The van der Waals surface area contributed by atoms with E-state index in [-0.39, 0.29) is 5.41 Å². The summed E-state index contributed by atoms with van der Waals surface area (Å²) in [4.78, 5) is 4.26. The van der Waals surface area contributed by atoms with E-state index in [0.717, 1.165) is 13.0 Å². The summed E-state index contributed by atoms with van der Waals surface area (Å²) in [5.41, 5.74) is 5.76. The van der Waals surface area contributed by atoms with Crippen LogP contribution in [0.4, 0.5) is 0 Å². The number of aliphatic imine (C=N–C) groups is 1.